The van der Waals surface area contributed by atoms with E-state index < -0.39 is 5.97 Å². The highest BCUT2D eigenvalue weighted by molar-refractivity contribution is 5.95. The zero-order valence-corrected chi connectivity index (χ0v) is 13.5. The third-order valence-corrected chi connectivity index (χ3v) is 4.45. The molecular formula is C16H22N4O3. The molecule has 1 amide bonds. The number of piperazine rings is 1. The smallest absolute Gasteiger partial charge is 0.343 e. The van der Waals surface area contributed by atoms with Crippen LogP contribution in [0.3, 0.4) is 0 Å². The van der Waals surface area contributed by atoms with Gasteiger partial charge in [0.05, 0.1) is 19.2 Å². The minimum absolute atomic E-state index is 0.0285. The molecule has 0 aromatic carbocycles. The Morgan fingerprint density at radius 1 is 1.43 bits per heavy atom. The molecule has 124 valence electrons. The summed E-state index contributed by atoms with van der Waals surface area (Å²) in [6.45, 7) is 4.04. The second-order valence-electron chi connectivity index (χ2n) is 6.03. The lowest BCUT2D eigenvalue weighted by atomic mass is 9.87. The number of rotatable bonds is 3. The van der Waals surface area contributed by atoms with Crippen molar-refractivity contribution in [1.82, 2.24) is 15.3 Å². The fraction of sp³-hybridized carbons (Fsp3) is 0.625. The number of esters is 1. The molecule has 2 atom stereocenters. The van der Waals surface area contributed by atoms with Crippen LogP contribution in [0.1, 0.15) is 48.8 Å². The summed E-state index contributed by atoms with van der Waals surface area (Å²) in [6.07, 6.45) is 5.68. The van der Waals surface area contributed by atoms with Gasteiger partial charge in [0.1, 0.15) is 17.2 Å². The average Bonchev–Trinajstić information content (AvgIpc) is 2.54. The maximum Gasteiger partial charge on any atom is 0.343 e. The van der Waals surface area contributed by atoms with Crippen LogP contribution in [0.2, 0.25) is 0 Å². The number of hydrogen-bond acceptors (Lipinski definition) is 6. The third kappa shape index (κ3) is 3.13. The Kier molecular flexibility index (Phi) is 4.45. The molecule has 0 unspecified atom stereocenters. The molecule has 2 fully saturated rings. The summed E-state index contributed by atoms with van der Waals surface area (Å²) in [5.41, 5.74) is 0.330. The van der Waals surface area contributed by atoms with Crippen molar-refractivity contribution < 1.29 is 14.3 Å². The third-order valence-electron chi connectivity index (χ3n) is 4.45. The van der Waals surface area contributed by atoms with Gasteiger partial charge in [0.25, 0.3) is 0 Å². The molecule has 23 heavy (non-hydrogen) atoms. The zero-order valence-electron chi connectivity index (χ0n) is 13.5. The van der Waals surface area contributed by atoms with Crippen molar-refractivity contribution in [3.05, 3.63) is 17.6 Å². The number of carbonyl (C=O) groups excluding carboxylic acids is 2. The molecule has 1 aliphatic carbocycles. The van der Waals surface area contributed by atoms with Gasteiger partial charge in [-0.05, 0) is 26.7 Å². The summed E-state index contributed by atoms with van der Waals surface area (Å²) in [5.74, 6) is 0.620. The molecule has 1 saturated carbocycles. The van der Waals surface area contributed by atoms with E-state index in [2.05, 4.69) is 15.3 Å². The summed E-state index contributed by atoms with van der Waals surface area (Å²) in [5, 5.41) is 3.07. The Morgan fingerprint density at radius 3 is 3.00 bits per heavy atom. The fourth-order valence-electron chi connectivity index (χ4n) is 3.44. The Bertz CT molecular complexity index is 619. The molecular weight excluding hydrogens is 296 g/mol. The Balaban J connectivity index is 1.99. The minimum Gasteiger partial charge on any atom is -0.462 e. The molecule has 0 radical (unpaired) electrons. The summed E-state index contributed by atoms with van der Waals surface area (Å²) in [4.78, 5) is 34.9. The Morgan fingerprint density at radius 2 is 2.22 bits per heavy atom. The number of amides is 1. The lowest BCUT2D eigenvalue weighted by Gasteiger charge is -2.44. The molecule has 1 aromatic rings. The van der Waals surface area contributed by atoms with Gasteiger partial charge in [-0.25, -0.2) is 14.8 Å². The van der Waals surface area contributed by atoms with Crippen molar-refractivity contribution in [2.24, 2.45) is 0 Å². The largest absolute Gasteiger partial charge is 0.462 e. The lowest BCUT2D eigenvalue weighted by Crippen LogP contribution is -2.62. The SMILES string of the molecule is CCOC(=O)c1cnc(C)nc1N1CC(=O)N[C@H]2CCCC[C@H]21. The molecule has 1 N–H and O–H groups in total. The van der Waals surface area contributed by atoms with Crippen molar-refractivity contribution in [2.75, 3.05) is 18.1 Å². The van der Waals surface area contributed by atoms with Gasteiger partial charge < -0.3 is 15.0 Å². The quantitative estimate of drug-likeness (QED) is 0.843. The highest BCUT2D eigenvalue weighted by Crippen LogP contribution is 2.31. The molecule has 0 bridgehead atoms. The van der Waals surface area contributed by atoms with E-state index in [-0.39, 0.29) is 24.5 Å². The first kappa shape index (κ1) is 15.7. The number of hydrogen-bond donors (Lipinski definition) is 1. The van der Waals surface area contributed by atoms with Crippen LogP contribution in [-0.4, -0.2) is 47.1 Å². The van der Waals surface area contributed by atoms with Gasteiger partial charge in [-0.1, -0.05) is 12.8 Å². The highest BCUT2D eigenvalue weighted by atomic mass is 16.5. The maximum atomic E-state index is 12.2. The van der Waals surface area contributed by atoms with Crippen LogP contribution in [0.4, 0.5) is 5.82 Å². The summed E-state index contributed by atoms with van der Waals surface area (Å²) in [6, 6.07) is 0.291. The van der Waals surface area contributed by atoms with Gasteiger partial charge in [-0.15, -0.1) is 0 Å². The Labute approximate surface area is 135 Å². The van der Waals surface area contributed by atoms with Crippen molar-refractivity contribution in [1.29, 1.82) is 0 Å². The van der Waals surface area contributed by atoms with Crippen LogP contribution >= 0.6 is 0 Å². The van der Waals surface area contributed by atoms with Crippen molar-refractivity contribution >= 4 is 17.7 Å². The van der Waals surface area contributed by atoms with Crippen LogP contribution in [0, 0.1) is 6.92 Å². The van der Waals surface area contributed by atoms with E-state index >= 15 is 0 Å². The molecule has 3 rings (SSSR count). The lowest BCUT2D eigenvalue weighted by molar-refractivity contribution is -0.122. The minimum atomic E-state index is -0.444. The summed E-state index contributed by atoms with van der Waals surface area (Å²) >= 11 is 0. The first-order valence-electron chi connectivity index (χ1n) is 8.17. The predicted octanol–water partition coefficient (Wildman–Crippen LogP) is 1.21. The average molecular weight is 318 g/mol. The van der Waals surface area contributed by atoms with E-state index in [1.54, 1.807) is 13.8 Å². The van der Waals surface area contributed by atoms with Crippen LogP contribution in [0.25, 0.3) is 0 Å². The maximum absolute atomic E-state index is 12.2. The first-order chi connectivity index (χ1) is 11.1. The van der Waals surface area contributed by atoms with Crippen LogP contribution < -0.4 is 10.2 Å². The van der Waals surface area contributed by atoms with Crippen LogP contribution in [0.5, 0.6) is 0 Å². The van der Waals surface area contributed by atoms with E-state index in [4.69, 9.17) is 4.74 Å². The van der Waals surface area contributed by atoms with E-state index in [9.17, 15) is 9.59 Å². The summed E-state index contributed by atoms with van der Waals surface area (Å²) < 4.78 is 5.12. The highest BCUT2D eigenvalue weighted by Gasteiger charge is 2.38. The van der Waals surface area contributed by atoms with E-state index in [0.717, 1.165) is 25.7 Å². The second-order valence-corrected chi connectivity index (χ2v) is 6.03. The standard InChI is InChI=1S/C16H22N4O3/c1-3-23-16(22)11-8-17-10(2)18-15(11)20-9-14(21)19-12-6-4-5-7-13(12)20/h8,12-13H,3-7,9H2,1-2H3,(H,19,21)/t12-,13+/m0/s1. The molecule has 7 heteroatoms. The van der Waals surface area contributed by atoms with E-state index in [1.165, 1.54) is 6.20 Å². The molecule has 1 aliphatic heterocycles. The van der Waals surface area contributed by atoms with Crippen molar-refractivity contribution in [3.8, 4) is 0 Å². The molecule has 0 spiro atoms. The Hall–Kier alpha value is -2.18. The first-order valence-corrected chi connectivity index (χ1v) is 8.17. The number of anilines is 1. The van der Waals surface area contributed by atoms with Crippen molar-refractivity contribution in [3.63, 3.8) is 0 Å². The van der Waals surface area contributed by atoms with Gasteiger partial charge >= 0.3 is 5.97 Å². The van der Waals surface area contributed by atoms with Gasteiger partial charge in [0.15, 0.2) is 0 Å². The number of ether oxygens (including phenoxy) is 1. The number of nitrogens with one attached hydrogen (secondary N) is 1. The number of aromatic nitrogens is 2. The number of carbonyl (C=O) groups is 2. The second kappa shape index (κ2) is 6.52. The van der Waals surface area contributed by atoms with E-state index in [1.807, 2.05) is 4.90 Å². The van der Waals surface area contributed by atoms with Crippen molar-refractivity contribution in [2.45, 2.75) is 51.6 Å². The van der Waals surface area contributed by atoms with Gasteiger partial charge in [0.2, 0.25) is 5.91 Å². The number of fused-ring (bicyclic) bond motifs is 1. The molecule has 1 aromatic heterocycles. The van der Waals surface area contributed by atoms with Crippen LogP contribution in [-0.2, 0) is 9.53 Å². The van der Waals surface area contributed by atoms with E-state index in [0.29, 0.717) is 23.8 Å². The monoisotopic (exact) mass is 318 g/mol. The topological polar surface area (TPSA) is 84.4 Å². The molecule has 1 saturated heterocycles. The fourth-order valence-corrected chi connectivity index (χ4v) is 3.44. The molecule has 2 aliphatic rings. The normalized spacial score (nSPS) is 23.9. The molecule has 7 nitrogen and oxygen atoms in total. The number of aryl methyl sites for hydroxylation is 1. The predicted molar refractivity (Wildman–Crippen MR) is 84.3 cm³/mol. The van der Waals surface area contributed by atoms with Crippen LogP contribution in [0.15, 0.2) is 6.20 Å². The molecule has 2 heterocycles. The van der Waals surface area contributed by atoms with Gasteiger partial charge in [-0.2, -0.15) is 0 Å². The van der Waals surface area contributed by atoms with Gasteiger partial charge in [-0.3, -0.25) is 4.79 Å². The summed E-state index contributed by atoms with van der Waals surface area (Å²) in [7, 11) is 0. The van der Waals surface area contributed by atoms with Gasteiger partial charge in [0, 0.05) is 12.2 Å². The zero-order chi connectivity index (χ0) is 16.4. The number of nitrogens with zero attached hydrogens (tertiary/aromatic N) is 3.